The third-order valence-electron chi connectivity index (χ3n) is 4.27. The van der Waals surface area contributed by atoms with Gasteiger partial charge in [-0.2, -0.15) is 0 Å². The zero-order valence-corrected chi connectivity index (χ0v) is 16.0. The number of aliphatic hydroxyl groups is 1. The van der Waals surface area contributed by atoms with Crippen molar-refractivity contribution in [2.75, 3.05) is 6.54 Å². The van der Waals surface area contributed by atoms with Gasteiger partial charge in [-0.1, -0.05) is 36.8 Å². The van der Waals surface area contributed by atoms with Crippen LogP contribution in [0.1, 0.15) is 31.7 Å². The molecule has 0 spiro atoms. The van der Waals surface area contributed by atoms with Gasteiger partial charge in [0.25, 0.3) is 0 Å². The number of hydrogen-bond acceptors (Lipinski definition) is 6. The molecule has 0 saturated carbocycles. The van der Waals surface area contributed by atoms with Gasteiger partial charge < -0.3 is 32.3 Å². The molecule has 0 heterocycles. The molecule has 9 heteroatoms. The molecular weight excluding hydrogens is 364 g/mol. The van der Waals surface area contributed by atoms with E-state index in [-0.39, 0.29) is 6.42 Å². The Balaban J connectivity index is 2.73. The smallest absolute Gasteiger partial charge is 0.326 e. The zero-order valence-electron chi connectivity index (χ0n) is 16.0. The van der Waals surface area contributed by atoms with E-state index in [0.29, 0.717) is 19.4 Å². The van der Waals surface area contributed by atoms with E-state index in [1.807, 2.05) is 0 Å². The molecule has 4 atom stereocenters. The standard InChI is InChI=1S/C19H30N4O5/c1-12(24)16(23-17(25)14(21)9-5-6-10-20)18(26)22-15(19(27)28)11-13-7-3-2-4-8-13/h2-4,7-8,12,14-16,24H,5-6,9-11,20-21H2,1H3,(H,22,26)(H,23,25)(H,27,28)/t12-,14+,15+,16+/m1/s1. The maximum absolute atomic E-state index is 12.5. The number of benzene rings is 1. The summed E-state index contributed by atoms with van der Waals surface area (Å²) in [5, 5.41) is 24.1. The highest BCUT2D eigenvalue weighted by atomic mass is 16.4. The fourth-order valence-electron chi connectivity index (χ4n) is 2.62. The first-order valence-corrected chi connectivity index (χ1v) is 9.27. The average molecular weight is 394 g/mol. The van der Waals surface area contributed by atoms with Crippen LogP contribution in [-0.4, -0.2) is 58.8 Å². The molecule has 0 fully saturated rings. The third kappa shape index (κ3) is 8.03. The van der Waals surface area contributed by atoms with E-state index in [4.69, 9.17) is 11.5 Å². The van der Waals surface area contributed by atoms with Gasteiger partial charge in [0.05, 0.1) is 12.1 Å². The van der Waals surface area contributed by atoms with E-state index in [1.165, 1.54) is 6.92 Å². The Bertz CT molecular complexity index is 638. The third-order valence-corrected chi connectivity index (χ3v) is 4.27. The second-order valence-electron chi connectivity index (χ2n) is 6.71. The molecule has 9 nitrogen and oxygen atoms in total. The fourth-order valence-corrected chi connectivity index (χ4v) is 2.62. The van der Waals surface area contributed by atoms with Crippen molar-refractivity contribution in [3.63, 3.8) is 0 Å². The second kappa shape index (κ2) is 12.1. The largest absolute Gasteiger partial charge is 0.480 e. The summed E-state index contributed by atoms with van der Waals surface area (Å²) < 4.78 is 0. The van der Waals surface area contributed by atoms with Crippen molar-refractivity contribution in [1.29, 1.82) is 0 Å². The van der Waals surface area contributed by atoms with E-state index >= 15 is 0 Å². The lowest BCUT2D eigenvalue weighted by atomic mass is 10.0. The van der Waals surface area contributed by atoms with Crippen LogP contribution in [0.25, 0.3) is 0 Å². The van der Waals surface area contributed by atoms with Gasteiger partial charge in [-0.15, -0.1) is 0 Å². The SMILES string of the molecule is C[C@@H](O)[C@H](NC(=O)[C@@H](N)CCCCN)C(=O)N[C@@H](Cc1ccccc1)C(=O)O. The lowest BCUT2D eigenvalue weighted by Crippen LogP contribution is -2.58. The van der Waals surface area contributed by atoms with E-state index in [9.17, 15) is 24.6 Å². The number of nitrogens with one attached hydrogen (secondary N) is 2. The number of carboxylic acid groups (broad SMARTS) is 1. The molecule has 0 bridgehead atoms. The first kappa shape index (κ1) is 23.5. The Morgan fingerprint density at radius 2 is 1.71 bits per heavy atom. The number of nitrogens with two attached hydrogens (primary N) is 2. The Morgan fingerprint density at radius 3 is 2.25 bits per heavy atom. The number of amides is 2. The van der Waals surface area contributed by atoms with Crippen LogP contribution in [0.15, 0.2) is 30.3 Å². The minimum atomic E-state index is -1.31. The van der Waals surface area contributed by atoms with Crippen LogP contribution in [0.5, 0.6) is 0 Å². The minimum Gasteiger partial charge on any atom is -0.480 e. The molecule has 0 unspecified atom stereocenters. The summed E-state index contributed by atoms with van der Waals surface area (Å²) in [6.45, 7) is 1.82. The maximum Gasteiger partial charge on any atom is 0.326 e. The Labute approximate surface area is 164 Å². The average Bonchev–Trinajstić information content (AvgIpc) is 2.65. The van der Waals surface area contributed by atoms with E-state index in [1.54, 1.807) is 30.3 Å². The summed E-state index contributed by atoms with van der Waals surface area (Å²) in [5.41, 5.74) is 11.9. The van der Waals surface area contributed by atoms with Crippen LogP contribution >= 0.6 is 0 Å². The number of aliphatic carboxylic acids is 1. The quantitative estimate of drug-likeness (QED) is 0.250. The summed E-state index contributed by atoms with van der Waals surface area (Å²) in [6, 6.07) is 5.46. The van der Waals surface area contributed by atoms with Gasteiger partial charge in [0.15, 0.2) is 0 Å². The first-order chi connectivity index (χ1) is 13.3. The van der Waals surface area contributed by atoms with Crippen LogP contribution in [0.3, 0.4) is 0 Å². The van der Waals surface area contributed by atoms with Gasteiger partial charge in [-0.3, -0.25) is 9.59 Å². The summed E-state index contributed by atoms with van der Waals surface area (Å²) in [5.74, 6) is -2.60. The summed E-state index contributed by atoms with van der Waals surface area (Å²) in [6.07, 6.45) is 0.617. The lowest BCUT2D eigenvalue weighted by Gasteiger charge is -2.24. The summed E-state index contributed by atoms with van der Waals surface area (Å²) in [7, 11) is 0. The van der Waals surface area contributed by atoms with Crippen molar-refractivity contribution in [2.45, 2.75) is 56.8 Å². The highest BCUT2D eigenvalue weighted by Gasteiger charge is 2.30. The number of carbonyl (C=O) groups excluding carboxylic acids is 2. The van der Waals surface area contributed by atoms with Crippen molar-refractivity contribution < 1.29 is 24.6 Å². The van der Waals surface area contributed by atoms with Crippen LogP contribution in [-0.2, 0) is 20.8 Å². The molecule has 0 aliphatic carbocycles. The highest BCUT2D eigenvalue weighted by Crippen LogP contribution is 2.05. The number of carbonyl (C=O) groups is 3. The number of rotatable bonds is 12. The van der Waals surface area contributed by atoms with Crippen LogP contribution in [0, 0.1) is 0 Å². The van der Waals surface area contributed by atoms with Gasteiger partial charge in [-0.05, 0) is 31.9 Å². The Hall–Kier alpha value is -2.49. The second-order valence-corrected chi connectivity index (χ2v) is 6.71. The van der Waals surface area contributed by atoms with Crippen LogP contribution < -0.4 is 22.1 Å². The van der Waals surface area contributed by atoms with E-state index in [2.05, 4.69) is 10.6 Å². The molecule has 1 aromatic rings. The molecule has 0 saturated heterocycles. The normalized spacial score (nSPS) is 15.1. The molecule has 8 N–H and O–H groups in total. The predicted molar refractivity (Wildman–Crippen MR) is 104 cm³/mol. The van der Waals surface area contributed by atoms with Crippen molar-refractivity contribution >= 4 is 17.8 Å². The molecule has 0 aliphatic heterocycles. The number of aliphatic hydroxyl groups excluding tert-OH is 1. The topological polar surface area (TPSA) is 168 Å². The van der Waals surface area contributed by atoms with E-state index < -0.39 is 42.0 Å². The highest BCUT2D eigenvalue weighted by molar-refractivity contribution is 5.92. The molecule has 1 rings (SSSR count). The van der Waals surface area contributed by atoms with Crippen molar-refractivity contribution in [1.82, 2.24) is 10.6 Å². The molecule has 0 aromatic heterocycles. The van der Waals surface area contributed by atoms with Gasteiger partial charge >= 0.3 is 5.97 Å². The predicted octanol–water partition coefficient (Wildman–Crippen LogP) is -0.880. The number of unbranched alkanes of at least 4 members (excludes halogenated alkanes) is 1. The van der Waals surface area contributed by atoms with Crippen LogP contribution in [0.2, 0.25) is 0 Å². The van der Waals surface area contributed by atoms with Gasteiger partial charge in [0.2, 0.25) is 11.8 Å². The monoisotopic (exact) mass is 394 g/mol. The molecule has 156 valence electrons. The number of hydrogen-bond donors (Lipinski definition) is 6. The van der Waals surface area contributed by atoms with Gasteiger partial charge in [0, 0.05) is 6.42 Å². The molecule has 2 amide bonds. The van der Waals surface area contributed by atoms with Gasteiger partial charge in [0.1, 0.15) is 12.1 Å². The molecule has 28 heavy (non-hydrogen) atoms. The maximum atomic E-state index is 12.5. The van der Waals surface area contributed by atoms with Crippen molar-refractivity contribution in [3.8, 4) is 0 Å². The molecule has 0 aliphatic rings. The first-order valence-electron chi connectivity index (χ1n) is 9.27. The summed E-state index contributed by atoms with van der Waals surface area (Å²) in [4.78, 5) is 36.2. The molecule has 0 radical (unpaired) electrons. The Morgan fingerprint density at radius 1 is 1.07 bits per heavy atom. The lowest BCUT2D eigenvalue weighted by molar-refractivity contribution is -0.142. The van der Waals surface area contributed by atoms with Gasteiger partial charge in [-0.25, -0.2) is 4.79 Å². The molecule has 1 aromatic carbocycles. The number of carboxylic acids is 1. The van der Waals surface area contributed by atoms with Crippen molar-refractivity contribution in [2.24, 2.45) is 11.5 Å². The fraction of sp³-hybridized carbons (Fsp3) is 0.526. The van der Waals surface area contributed by atoms with Crippen molar-refractivity contribution in [3.05, 3.63) is 35.9 Å². The minimum absolute atomic E-state index is 0.0704. The zero-order chi connectivity index (χ0) is 21.1. The summed E-state index contributed by atoms with van der Waals surface area (Å²) >= 11 is 0. The molecular formula is C19H30N4O5. The Kier molecular flexibility index (Phi) is 10.1. The van der Waals surface area contributed by atoms with E-state index in [0.717, 1.165) is 12.0 Å². The van der Waals surface area contributed by atoms with Crippen LogP contribution in [0.4, 0.5) is 0 Å².